The topological polar surface area (TPSA) is 64.4 Å². The minimum absolute atomic E-state index is 0.630. The van der Waals surface area contributed by atoms with Gasteiger partial charge in [0.15, 0.2) is 0 Å². The Hall–Kier alpha value is -4.11. The van der Waals surface area contributed by atoms with Crippen LogP contribution in [0.15, 0.2) is 54.7 Å². The predicted octanol–water partition coefficient (Wildman–Crippen LogP) is 5.48. The van der Waals surface area contributed by atoms with E-state index in [1.807, 2.05) is 42.2 Å². The largest absolute Gasteiger partial charge is 0.313 e. The Morgan fingerprint density at radius 2 is 1.67 bits per heavy atom. The molecule has 0 N–H and O–H groups in total. The Balaban J connectivity index is 1.84. The van der Waals surface area contributed by atoms with Crippen molar-refractivity contribution in [2.45, 2.75) is 27.2 Å². The van der Waals surface area contributed by atoms with E-state index >= 15 is 0 Å². The highest BCUT2D eigenvalue weighted by atomic mass is 15.3. The number of fused-ring (bicyclic) bond motifs is 1. The lowest BCUT2D eigenvalue weighted by molar-refractivity contribution is 0.776. The third-order valence-corrected chi connectivity index (χ3v) is 6.43. The van der Waals surface area contributed by atoms with Gasteiger partial charge in [-0.05, 0) is 56.2 Å². The van der Waals surface area contributed by atoms with Gasteiger partial charge in [-0.25, -0.2) is 4.98 Å². The number of imidazole rings is 1. The molecule has 0 unspecified atom stereocenters. The molecule has 0 saturated heterocycles. The Morgan fingerprint density at radius 1 is 0.939 bits per heavy atom. The fourth-order valence-corrected chi connectivity index (χ4v) is 4.67. The van der Waals surface area contributed by atoms with Crippen molar-refractivity contribution < 1.29 is 0 Å². The smallest absolute Gasteiger partial charge is 0.215 e. The number of benzene rings is 2. The molecule has 0 aliphatic rings. The SMILES string of the molecule is CCc1cc(-c2cnn(C)c2-c2ccccc2C#N)c2nc(-n3c(C)ccc3C)n(C)c2c1. The van der Waals surface area contributed by atoms with Crippen LogP contribution in [0.2, 0.25) is 0 Å². The second kappa shape index (κ2) is 7.79. The number of hydrogen-bond acceptors (Lipinski definition) is 3. The van der Waals surface area contributed by atoms with Gasteiger partial charge < -0.3 is 4.57 Å². The molecular formula is C27H26N6. The fraction of sp³-hybridized carbons (Fsp3) is 0.222. The van der Waals surface area contributed by atoms with Crippen LogP contribution < -0.4 is 0 Å². The number of aryl methyl sites for hydroxylation is 5. The Bertz CT molecular complexity index is 1530. The second-order valence-electron chi connectivity index (χ2n) is 8.47. The second-order valence-corrected chi connectivity index (χ2v) is 8.47. The van der Waals surface area contributed by atoms with Crippen molar-refractivity contribution in [3.63, 3.8) is 0 Å². The number of nitrogens with zero attached hydrogens (tertiary/aromatic N) is 6. The quantitative estimate of drug-likeness (QED) is 0.376. The molecule has 0 bridgehead atoms. The summed E-state index contributed by atoms with van der Waals surface area (Å²) in [5.74, 6) is 0.891. The molecule has 2 aromatic carbocycles. The molecule has 0 aliphatic heterocycles. The van der Waals surface area contributed by atoms with Crippen molar-refractivity contribution in [3.05, 3.63) is 77.2 Å². The molecule has 164 valence electrons. The van der Waals surface area contributed by atoms with Crippen LogP contribution in [0.5, 0.6) is 0 Å². The highest BCUT2D eigenvalue weighted by Crippen LogP contribution is 2.38. The molecule has 0 fully saturated rings. The maximum atomic E-state index is 9.72. The lowest BCUT2D eigenvalue weighted by Gasteiger charge is -2.11. The molecular weight excluding hydrogens is 408 g/mol. The number of aromatic nitrogens is 5. The van der Waals surface area contributed by atoms with Gasteiger partial charge in [0, 0.05) is 42.2 Å². The molecule has 0 atom stereocenters. The Labute approximate surface area is 193 Å². The van der Waals surface area contributed by atoms with E-state index in [0.717, 1.165) is 57.2 Å². The number of hydrogen-bond donors (Lipinski definition) is 0. The molecule has 0 amide bonds. The lowest BCUT2D eigenvalue weighted by Crippen LogP contribution is -2.06. The summed E-state index contributed by atoms with van der Waals surface area (Å²) in [5, 5.41) is 14.3. The number of nitriles is 1. The van der Waals surface area contributed by atoms with Crippen LogP contribution in [-0.2, 0) is 20.5 Å². The van der Waals surface area contributed by atoms with Gasteiger partial charge in [0.05, 0.1) is 34.6 Å². The van der Waals surface area contributed by atoms with Gasteiger partial charge in [-0.2, -0.15) is 10.4 Å². The van der Waals surface area contributed by atoms with E-state index in [1.165, 1.54) is 5.56 Å². The highest BCUT2D eigenvalue weighted by molar-refractivity contribution is 5.98. The van der Waals surface area contributed by atoms with Crippen LogP contribution in [-0.4, -0.2) is 23.9 Å². The van der Waals surface area contributed by atoms with Gasteiger partial charge in [-0.3, -0.25) is 9.25 Å². The van der Waals surface area contributed by atoms with E-state index in [0.29, 0.717) is 5.56 Å². The minimum atomic E-state index is 0.630. The molecule has 3 aromatic heterocycles. The molecule has 0 aliphatic carbocycles. The van der Waals surface area contributed by atoms with E-state index in [1.54, 1.807) is 0 Å². The molecule has 0 saturated carbocycles. The maximum absolute atomic E-state index is 9.72. The molecule has 0 radical (unpaired) electrons. The van der Waals surface area contributed by atoms with Crippen LogP contribution in [0.3, 0.4) is 0 Å². The van der Waals surface area contributed by atoms with E-state index in [4.69, 9.17) is 4.98 Å². The van der Waals surface area contributed by atoms with Gasteiger partial charge in [-0.15, -0.1) is 0 Å². The molecule has 6 heteroatoms. The Morgan fingerprint density at radius 3 is 2.36 bits per heavy atom. The lowest BCUT2D eigenvalue weighted by atomic mass is 9.95. The first-order valence-corrected chi connectivity index (χ1v) is 11.1. The third-order valence-electron chi connectivity index (χ3n) is 6.43. The molecule has 5 rings (SSSR count). The summed E-state index contributed by atoms with van der Waals surface area (Å²) in [5.41, 5.74) is 9.97. The maximum Gasteiger partial charge on any atom is 0.215 e. The summed E-state index contributed by atoms with van der Waals surface area (Å²) in [6, 6.07) is 18.7. The first kappa shape index (κ1) is 20.8. The zero-order valence-corrected chi connectivity index (χ0v) is 19.6. The summed E-state index contributed by atoms with van der Waals surface area (Å²) in [4.78, 5) is 5.14. The summed E-state index contributed by atoms with van der Waals surface area (Å²) >= 11 is 0. The summed E-state index contributed by atoms with van der Waals surface area (Å²) < 4.78 is 6.20. The van der Waals surface area contributed by atoms with Crippen molar-refractivity contribution in [3.8, 4) is 34.4 Å². The van der Waals surface area contributed by atoms with E-state index in [2.05, 4.69) is 72.4 Å². The van der Waals surface area contributed by atoms with Crippen molar-refractivity contribution in [1.29, 1.82) is 5.26 Å². The molecule has 6 nitrogen and oxygen atoms in total. The van der Waals surface area contributed by atoms with Gasteiger partial charge in [0.25, 0.3) is 0 Å². The minimum Gasteiger partial charge on any atom is -0.313 e. The zero-order valence-electron chi connectivity index (χ0n) is 19.6. The highest BCUT2D eigenvalue weighted by Gasteiger charge is 2.22. The zero-order chi connectivity index (χ0) is 23.3. The molecule has 0 spiro atoms. The third kappa shape index (κ3) is 3.16. The van der Waals surface area contributed by atoms with Crippen molar-refractivity contribution in [1.82, 2.24) is 23.9 Å². The van der Waals surface area contributed by atoms with Crippen LogP contribution in [0.1, 0.15) is 29.4 Å². The van der Waals surface area contributed by atoms with Crippen molar-refractivity contribution >= 4 is 11.0 Å². The van der Waals surface area contributed by atoms with Crippen LogP contribution >= 0.6 is 0 Å². The van der Waals surface area contributed by atoms with Crippen molar-refractivity contribution in [2.75, 3.05) is 0 Å². The van der Waals surface area contributed by atoms with Crippen LogP contribution in [0.25, 0.3) is 39.4 Å². The van der Waals surface area contributed by atoms with Gasteiger partial charge in [0.1, 0.15) is 0 Å². The summed E-state index contributed by atoms with van der Waals surface area (Å²) in [6.07, 6.45) is 2.80. The first-order valence-electron chi connectivity index (χ1n) is 11.1. The number of rotatable bonds is 4. The summed E-state index contributed by atoms with van der Waals surface area (Å²) in [7, 11) is 3.99. The molecule has 33 heavy (non-hydrogen) atoms. The standard InChI is InChI=1S/C27H26N6/c1-6-19-13-22(23-16-29-32(5)26(23)21-10-8-7-9-20(21)15-28)25-24(14-19)31(4)27(30-25)33-17(2)11-12-18(33)3/h7-14,16H,6H2,1-5H3. The van der Waals surface area contributed by atoms with E-state index < -0.39 is 0 Å². The Kier molecular flexibility index (Phi) is 4.90. The molecule has 3 heterocycles. The monoisotopic (exact) mass is 434 g/mol. The summed E-state index contributed by atoms with van der Waals surface area (Å²) in [6.45, 7) is 6.36. The first-order chi connectivity index (χ1) is 15.9. The average molecular weight is 435 g/mol. The van der Waals surface area contributed by atoms with Crippen molar-refractivity contribution in [2.24, 2.45) is 14.1 Å². The normalized spacial score (nSPS) is 11.3. The van der Waals surface area contributed by atoms with Crippen LogP contribution in [0.4, 0.5) is 0 Å². The van der Waals surface area contributed by atoms with Crippen LogP contribution in [0, 0.1) is 25.2 Å². The molecule has 5 aromatic rings. The predicted molar refractivity (Wildman–Crippen MR) is 131 cm³/mol. The fourth-order valence-electron chi connectivity index (χ4n) is 4.67. The van der Waals surface area contributed by atoms with Gasteiger partial charge >= 0.3 is 0 Å². The van der Waals surface area contributed by atoms with E-state index in [-0.39, 0.29) is 0 Å². The van der Waals surface area contributed by atoms with Gasteiger partial charge in [0.2, 0.25) is 5.95 Å². The van der Waals surface area contributed by atoms with Gasteiger partial charge in [-0.1, -0.05) is 25.1 Å². The van der Waals surface area contributed by atoms with E-state index in [9.17, 15) is 5.26 Å². The average Bonchev–Trinajstić information content (AvgIpc) is 3.47.